The number of nitrogens with zero attached hydrogens (tertiary/aromatic N) is 2. The van der Waals surface area contributed by atoms with E-state index in [1.807, 2.05) is 42.3 Å². The van der Waals surface area contributed by atoms with E-state index in [0.717, 1.165) is 0 Å². The summed E-state index contributed by atoms with van der Waals surface area (Å²) in [5, 5.41) is 11.9. The van der Waals surface area contributed by atoms with Gasteiger partial charge < -0.3 is 10.1 Å². The lowest BCUT2D eigenvalue weighted by Gasteiger charge is -2.28. The van der Waals surface area contributed by atoms with Gasteiger partial charge in [0.2, 0.25) is 6.04 Å². The second-order valence-electron chi connectivity index (χ2n) is 6.57. The molecule has 1 aromatic heterocycles. The van der Waals surface area contributed by atoms with Gasteiger partial charge in [0, 0.05) is 12.1 Å². The van der Waals surface area contributed by atoms with Crippen molar-refractivity contribution < 1.29 is 18.9 Å². The largest absolute Gasteiger partial charge is 0.763 e. The number of rotatable bonds is 4. The van der Waals surface area contributed by atoms with Crippen molar-refractivity contribution >= 4 is 17.7 Å². The number of carbonyl (C=O) groups excluding carboxylic acids is 2. The molecule has 2 heterocycles. The van der Waals surface area contributed by atoms with Crippen LogP contribution in [0.4, 0.5) is 0 Å². The van der Waals surface area contributed by atoms with E-state index in [2.05, 4.69) is 5.32 Å². The van der Waals surface area contributed by atoms with Crippen LogP contribution in [0.15, 0.2) is 90.8 Å². The van der Waals surface area contributed by atoms with Crippen LogP contribution in [0, 0.1) is 0 Å². The van der Waals surface area contributed by atoms with Crippen molar-refractivity contribution in [2.75, 3.05) is 0 Å². The number of carbonyl (C=O) groups is 2. The highest BCUT2D eigenvalue weighted by Gasteiger charge is 2.46. The average Bonchev–Trinajstić information content (AvgIpc) is 2.75. The summed E-state index contributed by atoms with van der Waals surface area (Å²) in [6, 6.07) is 21.1. The molecule has 0 saturated carbocycles. The topological polar surface area (TPSA) is 81.6 Å². The summed E-state index contributed by atoms with van der Waals surface area (Å²) in [5.41, 5.74) is 0.689. The Balaban J connectivity index is 1.71. The smallest absolute Gasteiger partial charge is 0.296 e. The first-order valence-electron chi connectivity index (χ1n) is 9.08. The number of amides is 2. The molecule has 1 N–H and O–H groups in total. The maximum atomic E-state index is 12.7. The van der Waals surface area contributed by atoms with Gasteiger partial charge in [0.1, 0.15) is 11.5 Å². The fourth-order valence-corrected chi connectivity index (χ4v) is 3.45. The Labute approximate surface area is 167 Å². The predicted molar refractivity (Wildman–Crippen MR) is 106 cm³/mol. The minimum absolute atomic E-state index is 0.00248. The lowest BCUT2D eigenvalue weighted by molar-refractivity contribution is -0.711. The number of hydrogen-bond acceptors (Lipinski definition) is 3. The van der Waals surface area contributed by atoms with Crippen LogP contribution < -0.4 is 14.6 Å². The van der Waals surface area contributed by atoms with Crippen LogP contribution in [-0.4, -0.2) is 17.7 Å². The molecule has 6 nitrogen and oxygen atoms in total. The Morgan fingerprint density at radius 3 is 2.14 bits per heavy atom. The number of nitrogens with one attached hydrogen (secondary N) is 1. The van der Waals surface area contributed by atoms with Gasteiger partial charge in [-0.25, -0.2) is 0 Å². The molecule has 2 aromatic carbocycles. The predicted octanol–water partition coefficient (Wildman–Crippen LogP) is 2.91. The van der Waals surface area contributed by atoms with Crippen LogP contribution in [0.2, 0.25) is 0 Å². The molecule has 1 aliphatic heterocycles. The van der Waals surface area contributed by atoms with Crippen LogP contribution in [-0.2, 0) is 9.59 Å². The van der Waals surface area contributed by atoms with E-state index >= 15 is 0 Å². The first kappa shape index (κ1) is 18.3. The summed E-state index contributed by atoms with van der Waals surface area (Å²) in [7, 11) is 0. The van der Waals surface area contributed by atoms with Crippen molar-refractivity contribution in [3.63, 3.8) is 0 Å². The summed E-state index contributed by atoms with van der Waals surface area (Å²) in [4.78, 5) is 24.9. The van der Waals surface area contributed by atoms with E-state index in [4.69, 9.17) is 4.74 Å². The van der Waals surface area contributed by atoms with Gasteiger partial charge in [0.15, 0.2) is 12.4 Å². The molecule has 0 aliphatic carbocycles. The minimum atomic E-state index is -0.746. The third-order valence-electron chi connectivity index (χ3n) is 4.78. The summed E-state index contributed by atoms with van der Waals surface area (Å²) in [6.07, 6.45) is 3.49. The normalized spacial score (nSPS) is 18.7. The number of piperidine rings is 1. The van der Waals surface area contributed by atoms with Crippen LogP contribution >= 0.6 is 0 Å². The first-order valence-corrected chi connectivity index (χ1v) is 9.08. The molecule has 29 heavy (non-hydrogen) atoms. The quantitative estimate of drug-likeness (QED) is 0.326. The van der Waals surface area contributed by atoms with Crippen LogP contribution in [0.1, 0.15) is 17.5 Å². The maximum absolute atomic E-state index is 12.7. The second-order valence-corrected chi connectivity index (χ2v) is 6.57. The van der Waals surface area contributed by atoms with Crippen LogP contribution in [0.5, 0.6) is 11.5 Å². The average molecular weight is 383 g/mol. The van der Waals surface area contributed by atoms with Gasteiger partial charge in [-0.2, -0.15) is 4.57 Å². The van der Waals surface area contributed by atoms with Gasteiger partial charge in [-0.3, -0.25) is 20.8 Å². The zero-order valence-electron chi connectivity index (χ0n) is 15.4. The standard InChI is InChI=1S/C23H17N3O3/c24-15-19-20(21(23(28)25-22(19)27)26-13-5-2-6-14-26)16-9-11-18(12-10-16)29-17-7-3-1-4-8-17/h1-14,20-21H,(H,25,27,28)/t20-,21+/m1/s1. The Morgan fingerprint density at radius 1 is 0.862 bits per heavy atom. The molecule has 2 amide bonds. The molecule has 1 saturated heterocycles. The SMILES string of the molecule is [N-]=C=C1C(=O)NC(=O)[C@@H]([n+]2ccccc2)[C@@H]1c1ccc(Oc2ccccc2)cc1. The Kier molecular flexibility index (Phi) is 5.01. The fourth-order valence-electron chi connectivity index (χ4n) is 3.45. The third kappa shape index (κ3) is 3.70. The van der Waals surface area contributed by atoms with Gasteiger partial charge in [-0.1, -0.05) is 36.4 Å². The van der Waals surface area contributed by atoms with E-state index in [0.29, 0.717) is 17.1 Å². The summed E-state index contributed by atoms with van der Waals surface area (Å²) in [5.74, 6) is 1.51. The van der Waals surface area contributed by atoms with E-state index < -0.39 is 23.8 Å². The lowest BCUT2D eigenvalue weighted by Crippen LogP contribution is -2.57. The molecule has 142 valence electrons. The fraction of sp³-hybridized carbons (Fsp3) is 0.0870. The third-order valence-corrected chi connectivity index (χ3v) is 4.78. The number of imide groups is 1. The summed E-state index contributed by atoms with van der Waals surface area (Å²) >= 11 is 0. The van der Waals surface area contributed by atoms with Gasteiger partial charge in [-0.05, 0) is 29.8 Å². The molecular formula is C23H17N3O3. The van der Waals surface area contributed by atoms with Crippen LogP contribution in [0.3, 0.4) is 0 Å². The highest BCUT2D eigenvalue weighted by Crippen LogP contribution is 2.35. The Bertz CT molecular complexity index is 1090. The number of para-hydroxylation sites is 1. The highest BCUT2D eigenvalue weighted by molar-refractivity contribution is 6.14. The molecule has 1 fully saturated rings. The number of ether oxygens (including phenoxy) is 1. The molecular weight excluding hydrogens is 366 g/mol. The van der Waals surface area contributed by atoms with Crippen molar-refractivity contribution in [1.29, 1.82) is 0 Å². The number of aromatic nitrogens is 1. The van der Waals surface area contributed by atoms with E-state index in [9.17, 15) is 15.0 Å². The number of hydrogen-bond donors (Lipinski definition) is 1. The van der Waals surface area contributed by atoms with Crippen molar-refractivity contribution in [2.45, 2.75) is 12.0 Å². The van der Waals surface area contributed by atoms with E-state index in [-0.39, 0.29) is 5.57 Å². The molecule has 2 atom stereocenters. The molecule has 4 rings (SSSR count). The molecule has 6 heteroatoms. The minimum Gasteiger partial charge on any atom is -0.763 e. The summed E-state index contributed by atoms with van der Waals surface area (Å²) < 4.78 is 7.51. The zero-order chi connectivity index (χ0) is 20.2. The van der Waals surface area contributed by atoms with Gasteiger partial charge >= 0.3 is 0 Å². The van der Waals surface area contributed by atoms with Crippen LogP contribution in [0.25, 0.3) is 5.41 Å². The lowest BCUT2D eigenvalue weighted by atomic mass is 9.81. The zero-order valence-corrected chi connectivity index (χ0v) is 15.4. The molecule has 3 aromatic rings. The summed E-state index contributed by atoms with van der Waals surface area (Å²) in [6.45, 7) is 0. The second kappa shape index (κ2) is 7.92. The molecule has 1 aliphatic rings. The van der Waals surface area contributed by atoms with E-state index in [1.54, 1.807) is 53.4 Å². The van der Waals surface area contributed by atoms with E-state index in [1.165, 1.54) is 0 Å². The van der Waals surface area contributed by atoms with Crippen molar-refractivity contribution in [2.24, 2.45) is 0 Å². The van der Waals surface area contributed by atoms with Gasteiger partial charge in [0.05, 0.1) is 11.5 Å². The Hall–Kier alpha value is -4.02. The van der Waals surface area contributed by atoms with Gasteiger partial charge in [0.25, 0.3) is 11.8 Å². The molecule has 0 spiro atoms. The monoisotopic (exact) mass is 383 g/mol. The number of benzene rings is 2. The highest BCUT2D eigenvalue weighted by atomic mass is 16.5. The first-order chi connectivity index (χ1) is 14.2. The Morgan fingerprint density at radius 2 is 1.48 bits per heavy atom. The van der Waals surface area contributed by atoms with Crippen molar-refractivity contribution in [3.8, 4) is 11.5 Å². The molecule has 0 unspecified atom stereocenters. The van der Waals surface area contributed by atoms with Crippen molar-refractivity contribution in [1.82, 2.24) is 5.32 Å². The van der Waals surface area contributed by atoms with Crippen molar-refractivity contribution in [3.05, 3.63) is 102 Å². The van der Waals surface area contributed by atoms with Gasteiger partial charge in [-0.15, -0.1) is 0 Å². The maximum Gasteiger partial charge on any atom is 0.296 e. The number of pyridine rings is 1. The molecule has 0 radical (unpaired) electrons. The molecule has 0 bridgehead atoms.